The molecule has 0 bridgehead atoms. The van der Waals surface area contributed by atoms with Gasteiger partial charge in [-0.05, 0) is 54.3 Å². The number of rotatable bonds is 8. The van der Waals surface area contributed by atoms with E-state index in [2.05, 4.69) is 66.7 Å². The lowest BCUT2D eigenvalue weighted by Crippen LogP contribution is -2.04. The molecule has 0 aliphatic heterocycles. The fourth-order valence-corrected chi connectivity index (χ4v) is 5.56. The first kappa shape index (κ1) is 20.9. The Balaban J connectivity index is 1.58. The molecule has 1 saturated carbocycles. The first-order valence-electron chi connectivity index (χ1n) is 10.7. The minimum atomic E-state index is -0.112. The zero-order chi connectivity index (χ0) is 22.0. The van der Waals surface area contributed by atoms with Crippen LogP contribution >= 0.6 is 11.8 Å². The SMILES string of the molecule is COCOc1ccc(-c2noc(C3(Sc4ccccc4)CC3C)c2-c2ccccc2)cc1. The van der Waals surface area contributed by atoms with E-state index >= 15 is 0 Å². The van der Waals surface area contributed by atoms with Crippen molar-refractivity contribution in [3.8, 4) is 28.1 Å². The molecule has 0 spiro atoms. The lowest BCUT2D eigenvalue weighted by atomic mass is 9.97. The van der Waals surface area contributed by atoms with E-state index in [1.54, 1.807) is 7.11 Å². The van der Waals surface area contributed by atoms with Gasteiger partial charge in [-0.15, -0.1) is 11.8 Å². The molecule has 4 aromatic rings. The summed E-state index contributed by atoms with van der Waals surface area (Å²) in [6.45, 7) is 2.51. The van der Waals surface area contributed by atoms with Gasteiger partial charge in [0.2, 0.25) is 0 Å². The molecule has 32 heavy (non-hydrogen) atoms. The van der Waals surface area contributed by atoms with Crippen LogP contribution in [0.1, 0.15) is 19.1 Å². The van der Waals surface area contributed by atoms with Crippen LogP contribution in [0.15, 0.2) is 94.3 Å². The van der Waals surface area contributed by atoms with E-state index in [1.807, 2.05) is 42.1 Å². The second-order valence-corrected chi connectivity index (χ2v) is 9.49. The summed E-state index contributed by atoms with van der Waals surface area (Å²) in [5.74, 6) is 2.22. The average Bonchev–Trinajstić information content (AvgIpc) is 3.28. The quantitative estimate of drug-likeness (QED) is 0.274. The fourth-order valence-electron chi connectivity index (χ4n) is 4.08. The van der Waals surface area contributed by atoms with Crippen molar-refractivity contribution in [2.75, 3.05) is 13.9 Å². The van der Waals surface area contributed by atoms with Crippen LogP contribution in [0.3, 0.4) is 0 Å². The molecule has 0 amide bonds. The van der Waals surface area contributed by atoms with Crippen molar-refractivity contribution >= 4 is 11.8 Å². The maximum Gasteiger partial charge on any atom is 0.188 e. The van der Waals surface area contributed by atoms with Gasteiger partial charge < -0.3 is 14.0 Å². The van der Waals surface area contributed by atoms with Gasteiger partial charge in [-0.2, -0.15) is 0 Å². The topological polar surface area (TPSA) is 44.5 Å². The molecule has 3 aromatic carbocycles. The molecule has 0 radical (unpaired) electrons. The molecule has 0 saturated heterocycles. The Bertz CT molecular complexity index is 1170. The van der Waals surface area contributed by atoms with Gasteiger partial charge in [0.25, 0.3) is 0 Å². The van der Waals surface area contributed by atoms with E-state index in [0.717, 1.165) is 40.3 Å². The molecule has 162 valence electrons. The van der Waals surface area contributed by atoms with E-state index in [-0.39, 0.29) is 11.5 Å². The zero-order valence-electron chi connectivity index (χ0n) is 18.2. The largest absolute Gasteiger partial charge is 0.468 e. The van der Waals surface area contributed by atoms with Crippen molar-refractivity contribution in [3.63, 3.8) is 0 Å². The van der Waals surface area contributed by atoms with Crippen LogP contribution in [-0.4, -0.2) is 19.1 Å². The third kappa shape index (κ3) is 3.94. The summed E-state index contributed by atoms with van der Waals surface area (Å²) in [7, 11) is 1.61. The molecule has 5 rings (SSSR count). The Morgan fingerprint density at radius 2 is 1.59 bits per heavy atom. The minimum absolute atomic E-state index is 0.112. The van der Waals surface area contributed by atoms with Gasteiger partial charge in [0.05, 0.1) is 10.3 Å². The van der Waals surface area contributed by atoms with Crippen LogP contribution in [0.2, 0.25) is 0 Å². The van der Waals surface area contributed by atoms with E-state index in [0.29, 0.717) is 5.92 Å². The van der Waals surface area contributed by atoms with Gasteiger partial charge in [-0.3, -0.25) is 0 Å². The van der Waals surface area contributed by atoms with Crippen molar-refractivity contribution in [2.45, 2.75) is 23.0 Å². The van der Waals surface area contributed by atoms with Gasteiger partial charge in [0.1, 0.15) is 11.4 Å². The highest BCUT2D eigenvalue weighted by Crippen LogP contribution is 2.66. The highest BCUT2D eigenvalue weighted by atomic mass is 32.2. The van der Waals surface area contributed by atoms with Crippen LogP contribution in [0, 0.1) is 5.92 Å². The lowest BCUT2D eigenvalue weighted by Gasteiger charge is -2.16. The highest BCUT2D eigenvalue weighted by molar-refractivity contribution is 8.00. The van der Waals surface area contributed by atoms with Crippen molar-refractivity contribution in [1.29, 1.82) is 0 Å². The predicted molar refractivity (Wildman–Crippen MR) is 128 cm³/mol. The summed E-state index contributed by atoms with van der Waals surface area (Å²) in [6, 6.07) is 28.9. The first-order valence-corrected chi connectivity index (χ1v) is 11.5. The predicted octanol–water partition coefficient (Wildman–Crippen LogP) is 7.02. The Morgan fingerprint density at radius 3 is 2.22 bits per heavy atom. The van der Waals surface area contributed by atoms with Gasteiger partial charge >= 0.3 is 0 Å². The third-order valence-corrected chi connectivity index (χ3v) is 7.53. The molecule has 4 nitrogen and oxygen atoms in total. The van der Waals surface area contributed by atoms with Crippen LogP contribution in [0.25, 0.3) is 22.4 Å². The number of hydrogen-bond acceptors (Lipinski definition) is 5. The van der Waals surface area contributed by atoms with Crippen LogP contribution in [0.5, 0.6) is 5.75 Å². The second kappa shape index (κ2) is 8.85. The molecule has 1 aliphatic rings. The first-order chi connectivity index (χ1) is 15.7. The van der Waals surface area contributed by atoms with Gasteiger partial charge in [-0.25, -0.2) is 0 Å². The van der Waals surface area contributed by atoms with Crippen molar-refractivity contribution < 1.29 is 14.0 Å². The smallest absolute Gasteiger partial charge is 0.188 e. The molecule has 1 aromatic heterocycles. The van der Waals surface area contributed by atoms with Crippen molar-refractivity contribution in [3.05, 3.63) is 90.7 Å². The maximum atomic E-state index is 6.15. The lowest BCUT2D eigenvalue weighted by molar-refractivity contribution is 0.0511. The standard InChI is InChI=1S/C27H25NO3S/c1-19-17-27(19,32-23-11-7-4-8-12-23)26-24(20-9-5-3-6-10-20)25(28-31-26)21-13-15-22(16-14-21)30-18-29-2/h3-16,19H,17-18H2,1-2H3. The third-order valence-electron chi connectivity index (χ3n) is 5.90. The van der Waals surface area contributed by atoms with Crippen LogP contribution < -0.4 is 4.74 Å². The second-order valence-electron chi connectivity index (χ2n) is 8.09. The van der Waals surface area contributed by atoms with Gasteiger partial charge in [-0.1, -0.05) is 60.6 Å². The van der Waals surface area contributed by atoms with Crippen molar-refractivity contribution in [1.82, 2.24) is 5.16 Å². The Labute approximate surface area is 192 Å². The number of methoxy groups -OCH3 is 1. The summed E-state index contributed by atoms with van der Waals surface area (Å²) in [6.07, 6.45) is 1.06. The van der Waals surface area contributed by atoms with E-state index in [9.17, 15) is 0 Å². The number of thioether (sulfide) groups is 1. The summed E-state index contributed by atoms with van der Waals surface area (Å²) in [5, 5.41) is 4.58. The van der Waals surface area contributed by atoms with E-state index in [4.69, 9.17) is 14.0 Å². The fraction of sp³-hybridized carbons (Fsp3) is 0.222. The molecule has 1 aliphatic carbocycles. The van der Waals surface area contributed by atoms with E-state index in [1.165, 1.54) is 4.90 Å². The summed E-state index contributed by atoms with van der Waals surface area (Å²) < 4.78 is 16.6. The van der Waals surface area contributed by atoms with Gasteiger partial charge in [0, 0.05) is 17.6 Å². The van der Waals surface area contributed by atoms with E-state index < -0.39 is 0 Å². The monoisotopic (exact) mass is 443 g/mol. The summed E-state index contributed by atoms with van der Waals surface area (Å²) in [4.78, 5) is 1.24. The highest BCUT2D eigenvalue weighted by Gasteiger charge is 2.58. The molecular formula is C27H25NO3S. The molecule has 2 atom stereocenters. The van der Waals surface area contributed by atoms with Crippen LogP contribution in [-0.2, 0) is 9.48 Å². The number of benzene rings is 3. The minimum Gasteiger partial charge on any atom is -0.468 e. The number of ether oxygens (including phenoxy) is 2. The average molecular weight is 444 g/mol. The molecule has 0 N–H and O–H groups in total. The molecule has 2 unspecified atom stereocenters. The molecular weight excluding hydrogens is 418 g/mol. The van der Waals surface area contributed by atoms with Crippen LogP contribution in [0.4, 0.5) is 0 Å². The summed E-state index contributed by atoms with van der Waals surface area (Å²) in [5.41, 5.74) is 4.04. The summed E-state index contributed by atoms with van der Waals surface area (Å²) >= 11 is 1.88. The number of nitrogens with zero attached hydrogens (tertiary/aromatic N) is 1. The normalized spacial score (nSPS) is 19.6. The number of aromatic nitrogens is 1. The van der Waals surface area contributed by atoms with Crippen molar-refractivity contribution in [2.24, 2.45) is 5.92 Å². The number of hydrogen-bond donors (Lipinski definition) is 0. The molecule has 1 fully saturated rings. The Morgan fingerprint density at radius 1 is 0.938 bits per heavy atom. The Hall–Kier alpha value is -3.02. The van der Waals surface area contributed by atoms with Gasteiger partial charge in [0.15, 0.2) is 12.6 Å². The zero-order valence-corrected chi connectivity index (χ0v) is 19.0. The molecule has 1 heterocycles. The Kier molecular flexibility index (Phi) is 5.77. The maximum absolute atomic E-state index is 6.15. The molecule has 5 heteroatoms.